The van der Waals surface area contributed by atoms with E-state index in [-0.39, 0.29) is 6.61 Å². The maximum Gasteiger partial charge on any atom is 0.247 e. The molecule has 0 unspecified atom stereocenters. The largest absolute Gasteiger partial charge is 0.396 e. The molecule has 2 rings (SSSR count). The highest BCUT2D eigenvalue weighted by Gasteiger charge is 2.06. The van der Waals surface area contributed by atoms with Crippen molar-refractivity contribution in [2.24, 2.45) is 0 Å². The third-order valence-electron chi connectivity index (χ3n) is 2.34. The minimum atomic E-state index is 0.214. The quantitative estimate of drug-likeness (QED) is 0.723. The number of nitrogens with zero attached hydrogens (tertiary/aromatic N) is 4. The van der Waals surface area contributed by atoms with Gasteiger partial charge < -0.3 is 10.4 Å². The zero-order valence-corrected chi connectivity index (χ0v) is 9.45. The first-order chi connectivity index (χ1) is 8.42. The van der Waals surface area contributed by atoms with E-state index in [9.17, 15) is 0 Å². The minimum absolute atomic E-state index is 0.214. The number of aliphatic hydroxyl groups is 1. The molecular formula is C11H15N5O. The number of hydrogen-bond donors (Lipinski definition) is 2. The second-order valence-electron chi connectivity index (χ2n) is 3.61. The van der Waals surface area contributed by atoms with Crippen molar-refractivity contribution in [1.82, 2.24) is 20.2 Å². The van der Waals surface area contributed by atoms with Gasteiger partial charge in [-0.05, 0) is 35.4 Å². The van der Waals surface area contributed by atoms with Crippen LogP contribution in [0.3, 0.4) is 0 Å². The summed E-state index contributed by atoms with van der Waals surface area (Å²) < 4.78 is 1.65. The number of anilines is 1. The summed E-state index contributed by atoms with van der Waals surface area (Å²) in [4.78, 5) is 0. The standard InChI is InChI=1S/C11H15N5O/c17-9-5-4-8-12-11-13-14-15-16(11)10-6-2-1-3-7-10/h1-3,6-7,17H,4-5,8-9H2,(H,12,13,15). The highest BCUT2D eigenvalue weighted by molar-refractivity contribution is 5.38. The summed E-state index contributed by atoms with van der Waals surface area (Å²) in [6.07, 6.45) is 1.66. The summed E-state index contributed by atoms with van der Waals surface area (Å²) in [6.45, 7) is 0.957. The Balaban J connectivity index is 2.02. The lowest BCUT2D eigenvalue weighted by atomic mass is 10.3. The van der Waals surface area contributed by atoms with Crippen molar-refractivity contribution in [3.63, 3.8) is 0 Å². The Bertz CT molecular complexity index is 442. The Kier molecular flexibility index (Phi) is 4.04. The number of hydrogen-bond acceptors (Lipinski definition) is 5. The van der Waals surface area contributed by atoms with Gasteiger partial charge in [0.05, 0.1) is 5.69 Å². The molecule has 0 saturated carbocycles. The molecule has 2 aromatic rings. The highest BCUT2D eigenvalue weighted by Crippen LogP contribution is 2.10. The molecule has 0 spiro atoms. The lowest BCUT2D eigenvalue weighted by Crippen LogP contribution is -2.09. The van der Waals surface area contributed by atoms with Crippen LogP contribution in [0.1, 0.15) is 12.8 Å². The SMILES string of the molecule is OCCCCNc1nnnn1-c1ccccc1. The number of tetrazole rings is 1. The summed E-state index contributed by atoms with van der Waals surface area (Å²) in [6, 6.07) is 9.70. The van der Waals surface area contributed by atoms with Crippen molar-refractivity contribution in [3.05, 3.63) is 30.3 Å². The molecule has 1 heterocycles. The molecule has 0 saturated heterocycles. The molecule has 0 aliphatic heterocycles. The van der Waals surface area contributed by atoms with Crippen LogP contribution in [0.2, 0.25) is 0 Å². The number of unbranched alkanes of at least 4 members (excludes halogenated alkanes) is 1. The van der Waals surface area contributed by atoms with E-state index in [0.717, 1.165) is 25.1 Å². The van der Waals surface area contributed by atoms with Crippen LogP contribution in [-0.4, -0.2) is 38.5 Å². The van der Waals surface area contributed by atoms with Gasteiger partial charge in [0.1, 0.15) is 0 Å². The van der Waals surface area contributed by atoms with Gasteiger partial charge in [0.2, 0.25) is 5.95 Å². The minimum Gasteiger partial charge on any atom is -0.396 e. The zero-order chi connectivity index (χ0) is 11.9. The summed E-state index contributed by atoms with van der Waals surface area (Å²) in [5.41, 5.74) is 0.919. The molecule has 6 heteroatoms. The predicted octanol–water partition coefficient (Wildman–Crippen LogP) is 0.847. The van der Waals surface area contributed by atoms with Gasteiger partial charge in [-0.1, -0.05) is 23.3 Å². The van der Waals surface area contributed by atoms with Crippen LogP contribution in [0, 0.1) is 0 Å². The van der Waals surface area contributed by atoms with E-state index in [0.29, 0.717) is 5.95 Å². The van der Waals surface area contributed by atoms with Crippen molar-refractivity contribution in [1.29, 1.82) is 0 Å². The monoisotopic (exact) mass is 233 g/mol. The molecule has 2 N–H and O–H groups in total. The van der Waals surface area contributed by atoms with Crippen LogP contribution in [0.25, 0.3) is 5.69 Å². The number of para-hydroxylation sites is 1. The van der Waals surface area contributed by atoms with Crippen LogP contribution >= 0.6 is 0 Å². The molecule has 90 valence electrons. The molecule has 0 atom stereocenters. The van der Waals surface area contributed by atoms with E-state index >= 15 is 0 Å². The molecule has 0 amide bonds. The maximum absolute atomic E-state index is 8.68. The fraction of sp³-hybridized carbons (Fsp3) is 0.364. The average Bonchev–Trinajstić information content (AvgIpc) is 2.84. The maximum atomic E-state index is 8.68. The molecule has 0 aliphatic carbocycles. The first-order valence-electron chi connectivity index (χ1n) is 5.60. The van der Waals surface area contributed by atoms with Gasteiger partial charge >= 0.3 is 0 Å². The normalized spacial score (nSPS) is 10.4. The summed E-state index contributed by atoms with van der Waals surface area (Å²) in [5, 5.41) is 23.3. The van der Waals surface area contributed by atoms with Crippen LogP contribution in [0.5, 0.6) is 0 Å². The summed E-state index contributed by atoms with van der Waals surface area (Å²) in [5.74, 6) is 0.620. The third kappa shape index (κ3) is 3.01. The van der Waals surface area contributed by atoms with Crippen molar-refractivity contribution in [2.75, 3.05) is 18.5 Å². The van der Waals surface area contributed by atoms with E-state index in [4.69, 9.17) is 5.11 Å². The Labute approximate surface area is 99.3 Å². The Morgan fingerprint density at radius 3 is 2.76 bits per heavy atom. The van der Waals surface area contributed by atoms with Crippen LogP contribution in [0.4, 0.5) is 5.95 Å². The van der Waals surface area contributed by atoms with Gasteiger partial charge in [0.25, 0.3) is 0 Å². The topological polar surface area (TPSA) is 75.9 Å². The average molecular weight is 233 g/mol. The number of aliphatic hydroxyl groups excluding tert-OH is 1. The predicted molar refractivity (Wildman–Crippen MR) is 64.0 cm³/mol. The zero-order valence-electron chi connectivity index (χ0n) is 9.45. The second kappa shape index (κ2) is 5.95. The molecule has 1 aromatic carbocycles. The van der Waals surface area contributed by atoms with E-state index in [2.05, 4.69) is 20.8 Å². The Morgan fingerprint density at radius 2 is 2.00 bits per heavy atom. The second-order valence-corrected chi connectivity index (χ2v) is 3.61. The lowest BCUT2D eigenvalue weighted by molar-refractivity contribution is 0.286. The van der Waals surface area contributed by atoms with Gasteiger partial charge in [-0.15, -0.1) is 0 Å². The van der Waals surface area contributed by atoms with Crippen molar-refractivity contribution in [2.45, 2.75) is 12.8 Å². The first-order valence-corrected chi connectivity index (χ1v) is 5.60. The molecule has 6 nitrogen and oxygen atoms in total. The van der Waals surface area contributed by atoms with E-state index in [1.807, 2.05) is 30.3 Å². The third-order valence-corrected chi connectivity index (χ3v) is 2.34. The van der Waals surface area contributed by atoms with Crippen LogP contribution in [-0.2, 0) is 0 Å². The van der Waals surface area contributed by atoms with Crippen molar-refractivity contribution >= 4 is 5.95 Å². The molecule has 0 bridgehead atoms. The number of aromatic nitrogens is 4. The Hall–Kier alpha value is -1.95. The number of nitrogens with one attached hydrogen (secondary N) is 1. The lowest BCUT2D eigenvalue weighted by Gasteiger charge is -2.06. The molecular weight excluding hydrogens is 218 g/mol. The van der Waals surface area contributed by atoms with E-state index in [1.165, 1.54) is 0 Å². The van der Waals surface area contributed by atoms with Crippen molar-refractivity contribution in [3.8, 4) is 5.69 Å². The van der Waals surface area contributed by atoms with Crippen molar-refractivity contribution < 1.29 is 5.11 Å². The summed E-state index contributed by atoms with van der Waals surface area (Å²) in [7, 11) is 0. The van der Waals surface area contributed by atoms with Gasteiger partial charge in [-0.2, -0.15) is 4.68 Å². The van der Waals surface area contributed by atoms with Gasteiger partial charge in [-0.3, -0.25) is 0 Å². The number of rotatable bonds is 6. The Morgan fingerprint density at radius 1 is 1.18 bits per heavy atom. The van der Waals surface area contributed by atoms with Gasteiger partial charge in [0, 0.05) is 13.2 Å². The highest BCUT2D eigenvalue weighted by atomic mass is 16.2. The van der Waals surface area contributed by atoms with Crippen LogP contribution in [0.15, 0.2) is 30.3 Å². The van der Waals surface area contributed by atoms with Crippen LogP contribution < -0.4 is 5.32 Å². The number of benzene rings is 1. The summed E-state index contributed by atoms with van der Waals surface area (Å²) >= 11 is 0. The smallest absolute Gasteiger partial charge is 0.247 e. The van der Waals surface area contributed by atoms with E-state index in [1.54, 1.807) is 4.68 Å². The molecule has 1 aromatic heterocycles. The fourth-order valence-corrected chi connectivity index (χ4v) is 1.48. The fourth-order valence-electron chi connectivity index (χ4n) is 1.48. The van der Waals surface area contributed by atoms with Gasteiger partial charge in [-0.25, -0.2) is 0 Å². The molecule has 0 radical (unpaired) electrons. The van der Waals surface area contributed by atoms with E-state index < -0.39 is 0 Å². The molecule has 17 heavy (non-hydrogen) atoms. The molecule has 0 fully saturated rings. The molecule has 0 aliphatic rings. The van der Waals surface area contributed by atoms with Gasteiger partial charge in [0.15, 0.2) is 0 Å². The first kappa shape index (κ1) is 11.5.